The third-order valence-electron chi connectivity index (χ3n) is 26.4. The first-order valence-electron chi connectivity index (χ1n) is 26.9. The molecule has 2 heteroatoms. The summed E-state index contributed by atoms with van der Waals surface area (Å²) in [7, 11) is 0. The number of hydrogen-bond acceptors (Lipinski definition) is 2. The number of benzene rings is 19. The largest absolute Gasteiger partial charge is 0.253 e. The zero-order chi connectivity index (χ0) is 42.5. The molecule has 0 saturated carbocycles. The van der Waals surface area contributed by atoms with Gasteiger partial charge in [-0.25, -0.2) is 0 Å². The fourth-order valence-corrected chi connectivity index (χ4v) is 26.2. The Hall–Kier alpha value is -8.98. The first kappa shape index (κ1) is 26.3. The first-order chi connectivity index (χ1) is 35.9. The van der Waals surface area contributed by atoms with Crippen molar-refractivity contribution in [2.75, 3.05) is 0 Å². The SMILES string of the molecule is c1cnc2cc3c(cc2n1)CC12c4c5c6c7c8c9c(c%10c%11c1c1c4c4c%12c5c5c6c6c8c8c%13c9c9c%10c%10c%11c%11c1c1c4c4c%12c%12c5c5c6c8c6c8c%13c9c9c%10c%10c%11c1c1c4c4c%12c5c6c5c8c9c%10c1c45)C72C3. The van der Waals surface area contributed by atoms with Gasteiger partial charge in [0.25, 0.3) is 0 Å². The smallest absolute Gasteiger partial charge is 0.0889 e. The van der Waals surface area contributed by atoms with Gasteiger partial charge < -0.3 is 0 Å². The van der Waals surface area contributed by atoms with Gasteiger partial charge in [-0.15, -0.1) is 0 Å². The van der Waals surface area contributed by atoms with E-state index in [-0.39, 0.29) is 10.8 Å². The molecular weight excluding hydrogens is 869 g/mol. The lowest BCUT2D eigenvalue weighted by Crippen LogP contribution is -2.56. The van der Waals surface area contributed by atoms with Gasteiger partial charge in [0, 0.05) is 23.2 Å². The zero-order valence-electron chi connectivity index (χ0n) is 36.6. The van der Waals surface area contributed by atoms with Crippen LogP contribution < -0.4 is 0 Å². The highest BCUT2D eigenvalue weighted by Crippen LogP contribution is 2.85. The summed E-state index contributed by atoms with van der Waals surface area (Å²) in [5.41, 5.74) is 11.7. The minimum absolute atomic E-state index is 0.263. The Morgan fingerprint density at radius 2 is 0.333 bits per heavy atom. The maximum Gasteiger partial charge on any atom is 0.0889 e. The summed E-state index contributed by atoms with van der Waals surface area (Å²) in [6.07, 6.45) is 5.88. The highest BCUT2D eigenvalue weighted by molar-refractivity contribution is 6.82. The molecular formula is C70H8N2. The Bertz CT molecular complexity index is 7110. The van der Waals surface area contributed by atoms with Crippen LogP contribution >= 0.6 is 0 Å². The standard InChI is InChI=1S/C70H8N2/c1-2-72-10-4-8-6-70-67-59-51-41-31-23-15-12-11-13-17-19(15)27-33-25(17)35-29-21(13)22-14(11)18-20-16(12)24(23)32-38-28(20)34-26(18)36-30(22)40-39(29)49-43(35)53-47(33)55(45(51)37(27)31)63(67)61(53)65-57(49)58-50(40)44(36)54-48(34)56-46(38)52(42(32)41)60(59)68(70)64(56)62(54)66(58)69(65,70)5-7(8)3-9(10)71-1/h1-4H,5-6H2. The fraction of sp³-hybridized carbons (Fsp3) is 0.0571. The highest BCUT2D eigenvalue weighted by atomic mass is 14.8. The van der Waals surface area contributed by atoms with Crippen LogP contribution in [0.15, 0.2) is 24.5 Å². The van der Waals surface area contributed by atoms with Crippen LogP contribution in [0.3, 0.4) is 0 Å². The van der Waals surface area contributed by atoms with Gasteiger partial charge in [0.2, 0.25) is 0 Å². The Balaban J connectivity index is 1.14. The molecule has 0 fully saturated rings. The predicted octanol–water partition coefficient (Wildman–Crippen LogP) is 18.0. The second-order valence-electron chi connectivity index (χ2n) is 26.6. The number of aromatic nitrogens is 2. The average Bonchev–Trinajstić information content (AvgIpc) is 4.37. The number of hydrogen-bond donors (Lipinski definition) is 0. The molecule has 0 bridgehead atoms. The molecule has 30 aromatic rings. The summed E-state index contributed by atoms with van der Waals surface area (Å²) in [5, 5.41) is 90.1. The molecule has 72 heavy (non-hydrogen) atoms. The molecule has 5 aliphatic carbocycles. The van der Waals surface area contributed by atoms with Gasteiger partial charge in [-0.2, -0.15) is 0 Å². The minimum Gasteiger partial charge on any atom is -0.253 e. The molecule has 1 heterocycles. The lowest BCUT2D eigenvalue weighted by molar-refractivity contribution is 0.298. The third-order valence-corrected chi connectivity index (χ3v) is 26.4. The van der Waals surface area contributed by atoms with Crippen molar-refractivity contribution in [1.82, 2.24) is 9.97 Å². The van der Waals surface area contributed by atoms with E-state index in [9.17, 15) is 0 Å². The van der Waals surface area contributed by atoms with Crippen molar-refractivity contribution in [3.05, 3.63) is 57.9 Å². The van der Waals surface area contributed by atoms with Crippen molar-refractivity contribution < 1.29 is 0 Å². The molecule has 5 aliphatic rings. The van der Waals surface area contributed by atoms with Crippen molar-refractivity contribution in [3.63, 3.8) is 0 Å². The lowest BCUT2D eigenvalue weighted by atomic mass is 9.43. The molecule has 29 aromatic carbocycles. The summed E-state index contributed by atoms with van der Waals surface area (Å²) < 4.78 is 0. The van der Waals surface area contributed by atoms with Crippen LogP contribution in [-0.2, 0) is 23.7 Å². The Morgan fingerprint density at radius 1 is 0.194 bits per heavy atom. The van der Waals surface area contributed by atoms with E-state index < -0.39 is 0 Å². The van der Waals surface area contributed by atoms with E-state index in [1.807, 2.05) is 12.4 Å². The van der Waals surface area contributed by atoms with Gasteiger partial charge in [0.1, 0.15) is 0 Å². The quantitative estimate of drug-likeness (QED) is 0.142. The molecule has 2 spiro atoms. The van der Waals surface area contributed by atoms with E-state index in [0.29, 0.717) is 0 Å². The maximum absolute atomic E-state index is 5.08. The number of fused-ring (bicyclic) bond motifs is 2. The topological polar surface area (TPSA) is 25.8 Å². The van der Waals surface area contributed by atoms with Gasteiger partial charge in [0.05, 0.1) is 11.0 Å². The van der Waals surface area contributed by atoms with Gasteiger partial charge in [-0.05, 0) is 349 Å². The summed E-state index contributed by atoms with van der Waals surface area (Å²) in [6.45, 7) is 0. The van der Waals surface area contributed by atoms with Crippen molar-refractivity contribution >= 4 is 302 Å². The van der Waals surface area contributed by atoms with E-state index >= 15 is 0 Å². The van der Waals surface area contributed by atoms with Gasteiger partial charge >= 0.3 is 0 Å². The molecule has 35 rings (SSSR count). The van der Waals surface area contributed by atoms with Crippen LogP contribution in [0.5, 0.6) is 0 Å². The summed E-state index contributed by atoms with van der Waals surface area (Å²) in [6, 6.07) is 5.05. The number of nitrogens with zero attached hydrogens (tertiary/aromatic N) is 2. The molecule has 2 nitrogen and oxygen atoms in total. The second kappa shape index (κ2) is 5.95. The Labute approximate surface area is 391 Å². The molecule has 0 N–H and O–H groups in total. The van der Waals surface area contributed by atoms with Crippen molar-refractivity contribution in [3.8, 4) is 0 Å². The predicted molar refractivity (Wildman–Crippen MR) is 301 cm³/mol. The Kier molecular flexibility index (Phi) is 2.17. The molecule has 0 aliphatic heterocycles. The lowest BCUT2D eigenvalue weighted by Gasteiger charge is -2.57. The molecule has 0 amide bonds. The molecule has 0 radical (unpaired) electrons. The fourth-order valence-electron chi connectivity index (χ4n) is 26.2. The van der Waals surface area contributed by atoms with Gasteiger partial charge in [0.15, 0.2) is 0 Å². The first-order valence-corrected chi connectivity index (χ1v) is 26.9. The van der Waals surface area contributed by atoms with Crippen LogP contribution in [0.4, 0.5) is 0 Å². The monoisotopic (exact) mass is 876 g/mol. The van der Waals surface area contributed by atoms with Crippen LogP contribution in [-0.4, -0.2) is 9.97 Å². The van der Waals surface area contributed by atoms with Crippen LogP contribution in [0.1, 0.15) is 33.4 Å². The summed E-state index contributed by atoms with van der Waals surface area (Å²) in [4.78, 5) is 10.2. The van der Waals surface area contributed by atoms with Crippen LogP contribution in [0.25, 0.3) is 302 Å². The molecule has 0 atom stereocenters. The minimum atomic E-state index is -0.263. The second-order valence-corrected chi connectivity index (χ2v) is 26.6. The van der Waals surface area contributed by atoms with Crippen molar-refractivity contribution in [2.45, 2.75) is 23.7 Å². The average molecular weight is 877 g/mol. The van der Waals surface area contributed by atoms with E-state index in [4.69, 9.17) is 9.97 Å². The maximum atomic E-state index is 5.08. The van der Waals surface area contributed by atoms with Crippen LogP contribution in [0.2, 0.25) is 0 Å². The molecule has 0 unspecified atom stereocenters. The number of rotatable bonds is 0. The van der Waals surface area contributed by atoms with E-state index in [1.165, 1.54) is 11.1 Å². The normalized spacial score (nSPS) is 22.2. The Morgan fingerprint density at radius 3 is 0.486 bits per heavy atom. The molecule has 298 valence electrons. The van der Waals surface area contributed by atoms with Gasteiger partial charge in [-0.1, -0.05) is 0 Å². The highest BCUT2D eigenvalue weighted by Gasteiger charge is 2.70. The van der Waals surface area contributed by atoms with Crippen molar-refractivity contribution in [2.24, 2.45) is 0 Å². The van der Waals surface area contributed by atoms with E-state index in [0.717, 1.165) is 23.9 Å². The molecule has 1 aromatic heterocycles. The summed E-state index contributed by atoms with van der Waals surface area (Å²) in [5.74, 6) is 0. The van der Waals surface area contributed by atoms with E-state index in [1.54, 1.807) is 313 Å². The van der Waals surface area contributed by atoms with E-state index in [2.05, 4.69) is 12.1 Å². The van der Waals surface area contributed by atoms with Crippen LogP contribution in [0, 0.1) is 0 Å². The summed E-state index contributed by atoms with van der Waals surface area (Å²) >= 11 is 0. The van der Waals surface area contributed by atoms with Gasteiger partial charge in [-0.3, -0.25) is 9.97 Å². The van der Waals surface area contributed by atoms with Crippen molar-refractivity contribution in [1.29, 1.82) is 0 Å². The molecule has 0 saturated heterocycles. The third kappa shape index (κ3) is 1.39. The zero-order valence-corrected chi connectivity index (χ0v) is 36.6.